The molecule has 0 aliphatic rings. The molecule has 0 aliphatic carbocycles. The van der Waals surface area contributed by atoms with Crippen molar-refractivity contribution in [2.45, 2.75) is 39.2 Å². The fourth-order valence-electron chi connectivity index (χ4n) is 2.96. The van der Waals surface area contributed by atoms with Crippen molar-refractivity contribution in [2.24, 2.45) is 5.73 Å². The van der Waals surface area contributed by atoms with Crippen LogP contribution in [0.25, 0.3) is 17.1 Å². The summed E-state index contributed by atoms with van der Waals surface area (Å²) in [4.78, 5) is 20.7. The summed E-state index contributed by atoms with van der Waals surface area (Å²) in [6, 6.07) is 7.32. The minimum absolute atomic E-state index is 0.253. The number of aromatic nitrogens is 4. The second kappa shape index (κ2) is 8.09. The molecule has 3 heterocycles. The molecule has 1 atom stereocenters. The lowest BCUT2D eigenvalue weighted by molar-refractivity contribution is 0.0994. The Balaban J connectivity index is 2.22. The Morgan fingerprint density at radius 3 is 2.67 bits per heavy atom. The highest BCUT2D eigenvalue weighted by Gasteiger charge is 2.24. The summed E-state index contributed by atoms with van der Waals surface area (Å²) < 4.78 is 1.67. The monoisotopic (exact) mass is 365 g/mol. The summed E-state index contributed by atoms with van der Waals surface area (Å²) >= 11 is 0. The summed E-state index contributed by atoms with van der Waals surface area (Å²) in [5.74, 6) is -0.564. The van der Waals surface area contributed by atoms with E-state index in [-0.39, 0.29) is 5.69 Å². The molecule has 3 N–H and O–H groups in total. The molecule has 1 unspecified atom stereocenters. The molecule has 3 rings (SSSR count). The van der Waals surface area contributed by atoms with Gasteiger partial charge in [0.2, 0.25) is 0 Å². The van der Waals surface area contributed by atoms with E-state index in [0.29, 0.717) is 12.1 Å². The molecule has 7 nitrogen and oxygen atoms in total. The van der Waals surface area contributed by atoms with Gasteiger partial charge in [0.15, 0.2) is 5.69 Å². The molecule has 0 spiro atoms. The van der Waals surface area contributed by atoms with E-state index >= 15 is 0 Å². The van der Waals surface area contributed by atoms with Gasteiger partial charge in [0.05, 0.1) is 29.4 Å². The van der Waals surface area contributed by atoms with Crippen LogP contribution in [-0.2, 0) is 6.42 Å². The molecule has 0 aromatic carbocycles. The van der Waals surface area contributed by atoms with Crippen molar-refractivity contribution in [3.8, 4) is 17.1 Å². The van der Waals surface area contributed by atoms with Crippen molar-refractivity contribution in [3.05, 3.63) is 59.7 Å². The van der Waals surface area contributed by atoms with E-state index in [1.165, 1.54) is 0 Å². The van der Waals surface area contributed by atoms with Gasteiger partial charge >= 0.3 is 0 Å². The number of rotatable bonds is 7. The van der Waals surface area contributed by atoms with Gasteiger partial charge in [-0.3, -0.25) is 14.8 Å². The minimum Gasteiger partial charge on any atom is -0.389 e. The van der Waals surface area contributed by atoms with E-state index in [2.05, 4.69) is 22.0 Å². The Labute approximate surface area is 157 Å². The standard InChI is InChI=1S/C20H23N5O2/c1-3-4-7-16-18(20(21)27)24-25(15-6-5-10-22-12-15)19(16)17-9-8-14(11-23-17)13(2)26/h5-6,8-13,26H,3-4,7H2,1-2H3,(H2,21,27). The van der Waals surface area contributed by atoms with Crippen LogP contribution in [0.2, 0.25) is 0 Å². The number of hydrogen-bond donors (Lipinski definition) is 2. The largest absolute Gasteiger partial charge is 0.389 e. The number of pyridine rings is 2. The fraction of sp³-hybridized carbons (Fsp3) is 0.300. The van der Waals surface area contributed by atoms with Gasteiger partial charge in [0.25, 0.3) is 5.91 Å². The predicted molar refractivity (Wildman–Crippen MR) is 102 cm³/mol. The number of carbonyl (C=O) groups is 1. The molecular formula is C20H23N5O2. The van der Waals surface area contributed by atoms with Crippen LogP contribution in [0.1, 0.15) is 54.4 Å². The summed E-state index contributed by atoms with van der Waals surface area (Å²) in [5, 5.41) is 14.2. The summed E-state index contributed by atoms with van der Waals surface area (Å²) in [6.45, 7) is 3.78. The predicted octanol–water partition coefficient (Wildman–Crippen LogP) is 2.82. The molecule has 0 radical (unpaired) electrons. The van der Waals surface area contributed by atoms with Crippen LogP contribution in [0, 0.1) is 0 Å². The molecule has 27 heavy (non-hydrogen) atoms. The van der Waals surface area contributed by atoms with Gasteiger partial charge in [0, 0.05) is 18.0 Å². The first-order valence-electron chi connectivity index (χ1n) is 8.99. The Kier molecular flexibility index (Phi) is 5.61. The molecule has 0 saturated carbocycles. The molecule has 3 aromatic heterocycles. The van der Waals surface area contributed by atoms with Crippen molar-refractivity contribution < 1.29 is 9.90 Å². The normalized spacial score (nSPS) is 12.1. The number of primary amides is 1. The molecule has 3 aromatic rings. The van der Waals surface area contributed by atoms with Gasteiger partial charge in [-0.1, -0.05) is 19.4 Å². The minimum atomic E-state index is -0.601. The van der Waals surface area contributed by atoms with Crippen LogP contribution < -0.4 is 5.73 Å². The highest BCUT2D eigenvalue weighted by atomic mass is 16.3. The molecule has 0 bridgehead atoms. The Morgan fingerprint density at radius 1 is 1.30 bits per heavy atom. The van der Waals surface area contributed by atoms with Gasteiger partial charge < -0.3 is 10.8 Å². The third kappa shape index (κ3) is 3.88. The van der Waals surface area contributed by atoms with Crippen LogP contribution in [0.5, 0.6) is 0 Å². The molecule has 0 fully saturated rings. The van der Waals surface area contributed by atoms with Crippen molar-refractivity contribution in [1.29, 1.82) is 0 Å². The van der Waals surface area contributed by atoms with Gasteiger partial charge in [-0.2, -0.15) is 5.10 Å². The van der Waals surface area contributed by atoms with Crippen LogP contribution in [0.4, 0.5) is 0 Å². The number of hydrogen-bond acceptors (Lipinski definition) is 5. The maximum absolute atomic E-state index is 12.0. The molecule has 7 heteroatoms. The van der Waals surface area contributed by atoms with Crippen molar-refractivity contribution in [3.63, 3.8) is 0 Å². The first kappa shape index (κ1) is 18.7. The zero-order valence-electron chi connectivity index (χ0n) is 15.5. The number of nitrogens with zero attached hydrogens (tertiary/aromatic N) is 4. The average molecular weight is 365 g/mol. The van der Waals surface area contributed by atoms with Crippen molar-refractivity contribution >= 4 is 5.91 Å². The first-order chi connectivity index (χ1) is 13.0. The quantitative estimate of drug-likeness (QED) is 0.669. The zero-order chi connectivity index (χ0) is 19.4. The van der Waals surface area contributed by atoms with Crippen LogP contribution in [0.3, 0.4) is 0 Å². The van der Waals surface area contributed by atoms with E-state index in [0.717, 1.165) is 35.3 Å². The average Bonchev–Trinajstić information content (AvgIpc) is 3.06. The number of nitrogens with two attached hydrogens (primary N) is 1. The Morgan fingerprint density at radius 2 is 2.11 bits per heavy atom. The van der Waals surface area contributed by atoms with E-state index in [1.54, 1.807) is 36.3 Å². The fourth-order valence-corrected chi connectivity index (χ4v) is 2.96. The number of carbonyl (C=O) groups excluding carboxylic acids is 1. The van der Waals surface area contributed by atoms with Crippen LogP contribution >= 0.6 is 0 Å². The zero-order valence-corrected chi connectivity index (χ0v) is 15.5. The molecule has 0 saturated heterocycles. The van der Waals surface area contributed by atoms with Crippen LogP contribution in [-0.4, -0.2) is 30.8 Å². The third-order valence-electron chi connectivity index (χ3n) is 4.40. The molecule has 0 aliphatic heterocycles. The summed E-state index contributed by atoms with van der Waals surface area (Å²) in [5.41, 5.74) is 9.47. The van der Waals surface area contributed by atoms with Gasteiger partial charge in [-0.15, -0.1) is 0 Å². The lowest BCUT2D eigenvalue weighted by Gasteiger charge is -2.10. The first-order valence-corrected chi connectivity index (χ1v) is 8.99. The molecular weight excluding hydrogens is 342 g/mol. The Bertz CT molecular complexity index is 918. The topological polar surface area (TPSA) is 107 Å². The van der Waals surface area contributed by atoms with Gasteiger partial charge in [-0.05, 0) is 43.5 Å². The van der Waals surface area contributed by atoms with Gasteiger partial charge in [0.1, 0.15) is 0 Å². The number of unbranched alkanes of at least 4 members (excludes halogenated alkanes) is 1. The smallest absolute Gasteiger partial charge is 0.269 e. The molecule has 1 amide bonds. The van der Waals surface area contributed by atoms with E-state index in [9.17, 15) is 9.90 Å². The summed E-state index contributed by atoms with van der Waals surface area (Å²) in [7, 11) is 0. The van der Waals surface area contributed by atoms with E-state index in [1.807, 2.05) is 18.2 Å². The number of aliphatic hydroxyl groups is 1. The maximum Gasteiger partial charge on any atom is 0.269 e. The summed E-state index contributed by atoms with van der Waals surface area (Å²) in [6.07, 6.45) is 6.93. The second-order valence-electron chi connectivity index (χ2n) is 6.42. The van der Waals surface area contributed by atoms with E-state index < -0.39 is 12.0 Å². The van der Waals surface area contributed by atoms with Crippen molar-refractivity contribution in [1.82, 2.24) is 19.7 Å². The van der Waals surface area contributed by atoms with Crippen LogP contribution in [0.15, 0.2) is 42.9 Å². The second-order valence-corrected chi connectivity index (χ2v) is 6.42. The Hall–Kier alpha value is -3.06. The SMILES string of the molecule is CCCCc1c(C(N)=O)nn(-c2cccnc2)c1-c1ccc(C(C)O)cn1. The number of aliphatic hydroxyl groups excluding tert-OH is 1. The third-order valence-corrected chi connectivity index (χ3v) is 4.40. The lowest BCUT2D eigenvalue weighted by Crippen LogP contribution is -2.14. The lowest BCUT2D eigenvalue weighted by atomic mass is 10.0. The number of amides is 1. The highest BCUT2D eigenvalue weighted by Crippen LogP contribution is 2.30. The molecule has 140 valence electrons. The highest BCUT2D eigenvalue weighted by molar-refractivity contribution is 5.94. The van der Waals surface area contributed by atoms with Gasteiger partial charge in [-0.25, -0.2) is 4.68 Å². The van der Waals surface area contributed by atoms with Crippen molar-refractivity contribution in [2.75, 3.05) is 0 Å². The van der Waals surface area contributed by atoms with E-state index in [4.69, 9.17) is 5.73 Å². The maximum atomic E-state index is 12.0.